The van der Waals surface area contributed by atoms with Crippen molar-refractivity contribution in [3.63, 3.8) is 0 Å². The molecule has 40 heteroatoms. The fourth-order valence-corrected chi connectivity index (χ4v) is 22.7. The average Bonchev–Trinajstić information content (AvgIpc) is 1.63. The van der Waals surface area contributed by atoms with Crippen molar-refractivity contribution in [2.45, 2.75) is 231 Å². The molecule has 0 aliphatic carbocycles. The third-order valence-electron chi connectivity index (χ3n) is 22.6. The van der Waals surface area contributed by atoms with Crippen LogP contribution >= 0.6 is 64.8 Å². The summed E-state index contributed by atoms with van der Waals surface area (Å²) in [6.45, 7) is 20.6. The Kier molecular flexibility index (Phi) is 43.7. The predicted octanol–water partition coefficient (Wildman–Crippen LogP) is 18.3. The molecule has 0 bridgehead atoms. The molecule has 0 radical (unpaired) electrons. The Bertz CT molecular complexity index is 5480. The molecule has 752 valence electrons. The summed E-state index contributed by atoms with van der Waals surface area (Å²) in [6.07, 6.45) is 29.1. The van der Waals surface area contributed by atoms with Crippen LogP contribution in [-0.4, -0.2) is 240 Å². The third-order valence-corrected chi connectivity index (χ3v) is 31.8. The summed E-state index contributed by atoms with van der Waals surface area (Å²) >= 11 is 0. The number of fused-ring (bicyclic) bond motifs is 6. The second kappa shape index (κ2) is 53.6. The first-order valence-electron chi connectivity index (χ1n) is 45.2. The molecular formula is C98H129N9O23S8. The van der Waals surface area contributed by atoms with Crippen LogP contribution < -0.4 is 37.9 Å². The van der Waals surface area contributed by atoms with Gasteiger partial charge in [-0.3, -0.25) is 67.1 Å². The topological polar surface area (TPSA) is 409 Å². The molecule has 6 aliphatic heterocycles. The van der Waals surface area contributed by atoms with E-state index >= 15 is 0 Å². The van der Waals surface area contributed by atoms with Crippen LogP contribution in [0.15, 0.2) is 123 Å². The smallest absolute Gasteiger partial charge is 0.264 e. The minimum absolute atomic E-state index is 0.00534. The number of carbonyl (C=O) groups is 6. The Labute approximate surface area is 834 Å². The molecule has 12 rings (SSSR count). The maximum absolute atomic E-state index is 13.7. The minimum Gasteiger partial charge on any atom is -0.504 e. The molecule has 6 aliphatic rings. The van der Waals surface area contributed by atoms with Crippen LogP contribution in [0.3, 0.4) is 0 Å². The van der Waals surface area contributed by atoms with E-state index in [4.69, 9.17) is 71.4 Å². The van der Waals surface area contributed by atoms with Crippen LogP contribution in [-0.2, 0) is 82.6 Å². The van der Waals surface area contributed by atoms with E-state index in [0.29, 0.717) is 187 Å². The van der Waals surface area contributed by atoms with Crippen molar-refractivity contribution in [1.29, 1.82) is 0 Å². The van der Waals surface area contributed by atoms with Crippen molar-refractivity contribution in [3.05, 3.63) is 159 Å². The number of hydrogen-bond donors (Lipinski definition) is 3. The molecule has 3 N–H and O–H groups in total. The number of nitrogens with zero attached hydrogens (tertiary/aromatic N) is 9. The normalized spacial score (nSPS) is 16.9. The van der Waals surface area contributed by atoms with E-state index in [1.54, 1.807) is 130 Å². The fourth-order valence-electron chi connectivity index (χ4n) is 15.3. The van der Waals surface area contributed by atoms with Gasteiger partial charge >= 0.3 is 0 Å². The summed E-state index contributed by atoms with van der Waals surface area (Å²) in [4.78, 5) is 109. The molecule has 138 heavy (non-hydrogen) atoms. The summed E-state index contributed by atoms with van der Waals surface area (Å²) in [6, 6.07) is 19.5. The van der Waals surface area contributed by atoms with Gasteiger partial charge < -0.3 is 67.9 Å². The number of pyridine rings is 3. The molecule has 3 aromatic heterocycles. The average molecular weight is 2060 g/mol. The van der Waals surface area contributed by atoms with Gasteiger partial charge in [-0.15, -0.1) is 0 Å². The first-order valence-corrected chi connectivity index (χ1v) is 56.5. The highest BCUT2D eigenvalue weighted by Gasteiger charge is 2.39. The lowest BCUT2D eigenvalue weighted by molar-refractivity contribution is -0.120. The Morgan fingerprint density at radius 1 is 0.413 bits per heavy atom. The van der Waals surface area contributed by atoms with Crippen LogP contribution in [0.5, 0.6) is 51.7 Å². The summed E-state index contributed by atoms with van der Waals surface area (Å²) in [5, 5.41) is 28.1. The van der Waals surface area contributed by atoms with Gasteiger partial charge in [0.05, 0.1) is 153 Å². The third kappa shape index (κ3) is 35.2. The van der Waals surface area contributed by atoms with Crippen molar-refractivity contribution in [2.75, 3.05) is 92.1 Å². The number of benzene rings is 3. The number of phenols is 1. The van der Waals surface area contributed by atoms with Gasteiger partial charge in [0.2, 0.25) is 0 Å². The van der Waals surface area contributed by atoms with E-state index < -0.39 is 20.2 Å². The molecule has 6 aromatic rings. The largest absolute Gasteiger partial charge is 0.504 e. The quantitative estimate of drug-likeness (QED) is 0.0138. The molecule has 0 unspecified atom stereocenters. The Morgan fingerprint density at radius 2 is 0.703 bits per heavy atom. The SMILES string of the molecule is C/C=C1\C[C@H]2C=Nc3cc(O)c(OC)cc3C(=O)N2C1.C/C=C1\C[C@H]2C=Nc3cc(OCc4cc(OCCCC(=O)CCC(C)(C)SSC)cc(COc5cc6c(cc5OC)C(=O)N5C/C(=C/C)C[C@H]5C=N6)n4)c(OC)cc3C(=O)N2C1.CSSC(C)(C)CCC(=O)CCCOc1cc(CO)nc(CO)c1.CSSC(C)(C)CCC(=O)CCCOc1cc(COS(C)(=O)=O)nc(COS(C)(=O)=O)c1. The Hall–Kier alpha value is -9.20. The molecule has 3 fully saturated rings. The van der Waals surface area contributed by atoms with Crippen molar-refractivity contribution >= 4 is 156 Å². The van der Waals surface area contributed by atoms with Gasteiger partial charge in [-0.25, -0.2) is 0 Å². The number of aromatic nitrogens is 3. The number of allylic oxidation sites excluding steroid dienone is 3. The zero-order valence-corrected chi connectivity index (χ0v) is 88.0. The van der Waals surface area contributed by atoms with Crippen LogP contribution in [0, 0.1) is 0 Å². The first kappa shape index (κ1) is 112. The Balaban J connectivity index is 0.000000233. The van der Waals surface area contributed by atoms with E-state index in [1.165, 1.54) is 56.2 Å². The molecule has 3 aromatic carbocycles. The predicted molar refractivity (Wildman–Crippen MR) is 550 cm³/mol. The van der Waals surface area contributed by atoms with E-state index in [9.17, 15) is 50.7 Å². The standard InChI is InChI=1S/C47H55N5O8S2.C19H31NO8S4.C17H27NO4S2.C15H16N2O3/c1-8-29-15-33-23-48-39-21-43(41(56-5)19-37(39)45(54)51(33)25-29)59-27-31-17-36(58-14-10-11-35(53)12-13-47(3,4)62-61-7)18-32(50-31)28-60-44-22-40-38(20-42(44)57-6)46(55)52-26-30(9-2)16-34(52)24-49-40;1-19(2,30-29-3)9-8-17(21)7-6-10-26-18-11-15(13-27-31(4,22)23)20-16(12-18)14-28-32(5,24)25;1-17(2,24-23-3)7-6-15(21)5-4-8-22-16-9-13(11-19)18-14(10-16)12-20;1-3-9-4-10-7-16-12-6-13(18)14(20-2)5-11(12)15(19)17(10)8-9/h8-9,17-24,33-34H,10-16,25-28H2,1-7H3;11-12H,6-10,13-14H2,1-5H3;9-10,19-20H,4-8,11-12H2,1-3H3;3,5-7,10,18H,4,8H2,1-2H3/b29-8+,30-9+;;;9-3+/t33-,34-;;;10-/m0..0/s1. The number of aliphatic hydroxyl groups is 2. The van der Waals surface area contributed by atoms with E-state index in [1.807, 2.05) is 55.3 Å². The number of phenolic OH excluding ortho intramolecular Hbond substituents is 1. The molecule has 0 saturated carbocycles. The number of ketones is 3. The number of aliphatic hydroxyl groups excluding tert-OH is 2. The van der Waals surface area contributed by atoms with Gasteiger partial charge in [0.15, 0.2) is 34.5 Å². The summed E-state index contributed by atoms with van der Waals surface area (Å²) < 4.78 is 101. The molecule has 9 heterocycles. The summed E-state index contributed by atoms with van der Waals surface area (Å²) in [5.41, 5.74) is 9.01. The number of amides is 3. The van der Waals surface area contributed by atoms with E-state index in [-0.39, 0.29) is 137 Å². The van der Waals surface area contributed by atoms with E-state index in [0.717, 1.165) is 51.0 Å². The number of methoxy groups -OCH3 is 3. The number of ether oxygens (including phenoxy) is 8. The number of aromatic hydroxyl groups is 1. The second-order valence-electron chi connectivity index (χ2n) is 35.1. The molecule has 0 spiro atoms. The van der Waals surface area contributed by atoms with Crippen molar-refractivity contribution in [1.82, 2.24) is 29.7 Å². The monoisotopic (exact) mass is 2060 g/mol. The highest BCUT2D eigenvalue weighted by atomic mass is 33.1. The summed E-state index contributed by atoms with van der Waals surface area (Å²) in [7, 11) is 7.64. The van der Waals surface area contributed by atoms with Crippen LogP contribution in [0.4, 0.5) is 17.1 Å². The van der Waals surface area contributed by atoms with Gasteiger partial charge in [-0.1, -0.05) is 99.7 Å². The number of rotatable bonds is 47. The zero-order valence-electron chi connectivity index (χ0n) is 81.5. The maximum atomic E-state index is 13.7. The van der Waals surface area contributed by atoms with Gasteiger partial charge in [0.1, 0.15) is 61.0 Å². The van der Waals surface area contributed by atoms with Crippen molar-refractivity contribution in [3.8, 4) is 51.7 Å². The van der Waals surface area contributed by atoms with Crippen molar-refractivity contribution in [2.24, 2.45) is 15.0 Å². The lowest BCUT2D eigenvalue weighted by Gasteiger charge is -2.21. The number of hydrogen-bond acceptors (Lipinski definition) is 35. The molecule has 32 nitrogen and oxygen atoms in total. The molecule has 3 amide bonds. The summed E-state index contributed by atoms with van der Waals surface area (Å²) in [5.74, 6) is 3.70. The fraction of sp³-hybridized carbons (Fsp3) is 0.510. The van der Waals surface area contributed by atoms with Gasteiger partial charge in [-0.05, 0) is 157 Å². The van der Waals surface area contributed by atoms with Crippen molar-refractivity contribution < 1.29 is 107 Å². The van der Waals surface area contributed by atoms with Gasteiger partial charge in [0.25, 0.3) is 38.0 Å². The molecular weight excluding hydrogens is 1930 g/mol. The van der Waals surface area contributed by atoms with E-state index in [2.05, 4.69) is 81.2 Å². The van der Waals surface area contributed by atoms with Crippen LogP contribution in [0.1, 0.15) is 224 Å². The molecule has 3 atom stereocenters. The lowest BCUT2D eigenvalue weighted by Crippen LogP contribution is -2.35. The van der Waals surface area contributed by atoms with Gasteiger partial charge in [0, 0.05) is 146 Å². The number of aliphatic imine (C=N–C) groups is 3. The van der Waals surface area contributed by atoms with Gasteiger partial charge in [-0.2, -0.15) is 16.8 Å². The van der Waals surface area contributed by atoms with Crippen LogP contribution in [0.25, 0.3) is 0 Å². The first-order chi connectivity index (χ1) is 65.6. The highest BCUT2D eigenvalue weighted by Crippen LogP contribution is 2.45. The lowest BCUT2D eigenvalue weighted by atomic mass is 10.0. The number of carbonyl (C=O) groups excluding carboxylic acids is 6. The minimum atomic E-state index is -3.68. The Morgan fingerprint density at radius 3 is 0.993 bits per heavy atom. The molecule has 3 saturated heterocycles. The second-order valence-corrected chi connectivity index (χ2v) is 47.7. The number of Topliss-reactive ketones (excluding diaryl/α,β-unsaturated/α-hetero) is 3. The zero-order chi connectivity index (χ0) is 101. The highest BCUT2D eigenvalue weighted by molar-refractivity contribution is 8.77. The maximum Gasteiger partial charge on any atom is 0.264 e. The van der Waals surface area contributed by atoms with Crippen LogP contribution in [0.2, 0.25) is 0 Å².